The number of halogens is 1. The van der Waals surface area contributed by atoms with E-state index in [1.807, 2.05) is 0 Å². The Balaban J connectivity index is 3.22. The summed E-state index contributed by atoms with van der Waals surface area (Å²) in [7, 11) is 2.70. The number of carbonyl (C=O) groups is 2. The van der Waals surface area contributed by atoms with Crippen LogP contribution >= 0.6 is 23.9 Å². The van der Waals surface area contributed by atoms with Crippen LogP contribution in [0.1, 0.15) is 6.92 Å². The lowest BCUT2D eigenvalue weighted by Gasteiger charge is -2.24. The van der Waals surface area contributed by atoms with Gasteiger partial charge in [-0.3, -0.25) is 0 Å². The molecule has 9 heteroatoms. The standard InChI is InChI=1S/C7H12FN3O3S2/c1-5(15-4)10-11(3,6(8)12)16-9(2)7(13)14-10/h1-4H3/q+2. The Morgan fingerprint density at radius 1 is 1.69 bits per heavy atom. The van der Waals surface area contributed by atoms with Crippen LogP contribution in [0.4, 0.5) is 14.0 Å². The Morgan fingerprint density at radius 2 is 2.25 bits per heavy atom. The van der Waals surface area contributed by atoms with Crippen molar-refractivity contribution in [2.45, 2.75) is 6.92 Å². The van der Waals surface area contributed by atoms with E-state index >= 15 is 0 Å². The molecule has 0 aromatic carbocycles. The molecule has 6 nitrogen and oxygen atoms in total. The van der Waals surface area contributed by atoms with Crippen molar-refractivity contribution in [2.75, 3.05) is 20.4 Å². The monoisotopic (exact) mass is 269 g/mol. The van der Waals surface area contributed by atoms with E-state index in [0.717, 1.165) is 21.3 Å². The zero-order chi connectivity index (χ0) is 12.5. The Bertz CT molecular complexity index is 376. The van der Waals surface area contributed by atoms with Crippen molar-refractivity contribution >= 4 is 41.2 Å². The van der Waals surface area contributed by atoms with Crippen LogP contribution in [-0.4, -0.2) is 50.8 Å². The van der Waals surface area contributed by atoms with Crippen LogP contribution in [-0.2, 0) is 4.84 Å². The molecule has 0 aromatic heterocycles. The Morgan fingerprint density at radius 3 is 2.69 bits per heavy atom. The van der Waals surface area contributed by atoms with Gasteiger partial charge in [-0.2, -0.15) is 9.10 Å². The third-order valence-corrected chi connectivity index (χ3v) is 3.69. The quantitative estimate of drug-likeness (QED) is 0.128. The van der Waals surface area contributed by atoms with Crippen LogP contribution in [0.5, 0.6) is 0 Å². The molecular weight excluding hydrogens is 257 g/mol. The van der Waals surface area contributed by atoms with Gasteiger partial charge in [0.1, 0.15) is 4.00 Å². The van der Waals surface area contributed by atoms with E-state index in [1.165, 1.54) is 25.9 Å². The number of nitrogens with zero attached hydrogens (tertiary/aromatic N) is 3. The molecule has 90 valence electrons. The first-order valence-corrected chi connectivity index (χ1v) is 6.18. The number of thioether (sulfide) groups is 1. The molecule has 0 bridgehead atoms. The minimum absolute atomic E-state index is 0.502. The summed E-state index contributed by atoms with van der Waals surface area (Å²) in [4.78, 5) is 28.1. The SMILES string of the molecule is CSC(C)=[N+]1OC(=O)N(C)S[N+]1(C)C(=O)F. The molecule has 1 aliphatic heterocycles. The topological polar surface area (TPSA) is 49.6 Å². The van der Waals surface area contributed by atoms with Crippen molar-refractivity contribution in [3.8, 4) is 0 Å². The molecule has 1 fully saturated rings. The molecule has 2 amide bonds. The lowest BCUT2D eigenvalue weighted by Crippen LogP contribution is -2.57. The minimum Gasteiger partial charge on any atom is -0.216 e. The fourth-order valence-electron chi connectivity index (χ4n) is 1.03. The third kappa shape index (κ3) is 2.15. The molecule has 1 heterocycles. The molecule has 0 aromatic rings. The van der Waals surface area contributed by atoms with Crippen LogP contribution in [0, 0.1) is 0 Å². The van der Waals surface area contributed by atoms with Crippen molar-refractivity contribution < 1.29 is 27.7 Å². The summed E-state index contributed by atoms with van der Waals surface area (Å²) in [5.74, 6) is 0. The first kappa shape index (κ1) is 13.3. The van der Waals surface area contributed by atoms with Crippen molar-refractivity contribution in [3.05, 3.63) is 0 Å². The fraction of sp³-hybridized carbons (Fsp3) is 0.571. The zero-order valence-corrected chi connectivity index (χ0v) is 10.9. The summed E-state index contributed by atoms with van der Waals surface area (Å²) in [5, 5.41) is 0.502. The van der Waals surface area contributed by atoms with Gasteiger partial charge in [0.25, 0.3) is 12.1 Å². The number of amides is 2. The molecule has 1 unspecified atom stereocenters. The second kappa shape index (κ2) is 4.60. The first-order valence-electron chi connectivity index (χ1n) is 4.23. The van der Waals surface area contributed by atoms with Gasteiger partial charge in [0.05, 0.1) is 0 Å². The third-order valence-electron chi connectivity index (χ3n) is 1.94. The molecule has 1 aliphatic rings. The minimum atomic E-state index is -1.63. The smallest absolute Gasteiger partial charge is 0.216 e. The summed E-state index contributed by atoms with van der Waals surface area (Å²) in [6.45, 7) is 1.63. The van der Waals surface area contributed by atoms with E-state index in [0.29, 0.717) is 5.04 Å². The van der Waals surface area contributed by atoms with Gasteiger partial charge in [-0.1, -0.05) is 11.8 Å². The molecular formula is C7H12FN3O3S2+2. The lowest BCUT2D eigenvalue weighted by atomic mass is 10.9. The number of hydrogen-bond acceptors (Lipinski definition) is 5. The van der Waals surface area contributed by atoms with Gasteiger partial charge >= 0.3 is 17.3 Å². The van der Waals surface area contributed by atoms with Crippen molar-refractivity contribution in [1.82, 2.24) is 4.31 Å². The fourth-order valence-corrected chi connectivity index (χ4v) is 2.30. The molecule has 1 atom stereocenters. The van der Waals surface area contributed by atoms with E-state index in [-0.39, 0.29) is 0 Å². The highest BCUT2D eigenvalue weighted by Crippen LogP contribution is 2.31. The summed E-state index contributed by atoms with van der Waals surface area (Å²) in [5.41, 5.74) is 0. The van der Waals surface area contributed by atoms with E-state index in [4.69, 9.17) is 4.84 Å². The zero-order valence-electron chi connectivity index (χ0n) is 9.26. The van der Waals surface area contributed by atoms with Crippen LogP contribution in [0.2, 0.25) is 0 Å². The number of hydrogen-bond donors (Lipinski definition) is 0. The Labute approximate surface area is 101 Å². The normalized spacial score (nSPS) is 28.8. The van der Waals surface area contributed by atoms with Crippen LogP contribution in [0.3, 0.4) is 0 Å². The van der Waals surface area contributed by atoms with Crippen molar-refractivity contribution in [1.29, 1.82) is 0 Å². The van der Waals surface area contributed by atoms with Gasteiger partial charge in [-0.05, 0) is 6.26 Å². The average Bonchev–Trinajstić information content (AvgIpc) is 2.22. The van der Waals surface area contributed by atoms with Gasteiger partial charge in [0.2, 0.25) is 4.85 Å². The average molecular weight is 269 g/mol. The van der Waals surface area contributed by atoms with E-state index in [1.54, 1.807) is 13.2 Å². The molecule has 0 N–H and O–H groups in total. The second-order valence-electron chi connectivity index (χ2n) is 3.06. The molecule has 16 heavy (non-hydrogen) atoms. The van der Waals surface area contributed by atoms with Crippen LogP contribution < -0.4 is 0 Å². The van der Waals surface area contributed by atoms with Gasteiger partial charge < -0.3 is 0 Å². The predicted molar refractivity (Wildman–Crippen MR) is 59.0 cm³/mol. The maximum absolute atomic E-state index is 13.0. The van der Waals surface area contributed by atoms with Crippen LogP contribution in [0.25, 0.3) is 0 Å². The van der Waals surface area contributed by atoms with Crippen LogP contribution in [0.15, 0.2) is 0 Å². The number of rotatable bonds is 0. The van der Waals surface area contributed by atoms with Gasteiger partial charge in [0.15, 0.2) is 7.05 Å². The lowest BCUT2D eigenvalue weighted by molar-refractivity contribution is -1.28. The molecule has 0 aliphatic carbocycles. The second-order valence-corrected chi connectivity index (χ2v) is 5.49. The van der Waals surface area contributed by atoms with Gasteiger partial charge in [-0.25, -0.2) is 4.79 Å². The summed E-state index contributed by atoms with van der Waals surface area (Å²) in [6, 6.07) is 0. The van der Waals surface area contributed by atoms with Crippen molar-refractivity contribution in [2.24, 2.45) is 0 Å². The Kier molecular flexibility index (Phi) is 3.81. The first-order chi connectivity index (χ1) is 7.32. The Hall–Kier alpha value is -0.800. The molecule has 1 rings (SSSR count). The summed E-state index contributed by atoms with van der Waals surface area (Å²) >= 11 is 1.97. The van der Waals surface area contributed by atoms with E-state index < -0.39 is 16.3 Å². The highest BCUT2D eigenvalue weighted by atomic mass is 32.2. The van der Waals surface area contributed by atoms with E-state index in [2.05, 4.69) is 0 Å². The largest absolute Gasteiger partial charge is 0.582 e. The summed E-state index contributed by atoms with van der Waals surface area (Å²) < 4.78 is 13.3. The van der Waals surface area contributed by atoms with E-state index in [9.17, 15) is 14.0 Å². The van der Waals surface area contributed by atoms with Gasteiger partial charge in [-0.15, -0.1) is 9.23 Å². The number of carbonyl (C=O) groups excluding carboxylic acids is 2. The molecule has 0 spiro atoms. The summed E-state index contributed by atoms with van der Waals surface area (Å²) in [6.07, 6.45) is -0.549. The van der Waals surface area contributed by atoms with Gasteiger partial charge in [0, 0.05) is 14.0 Å². The maximum Gasteiger partial charge on any atom is 0.582 e. The molecule has 1 saturated heterocycles. The van der Waals surface area contributed by atoms with Crippen molar-refractivity contribution in [3.63, 3.8) is 0 Å². The molecule has 0 saturated carbocycles. The predicted octanol–water partition coefficient (Wildman–Crippen LogP) is 1.79. The number of quaternary nitrogens is 1. The highest BCUT2D eigenvalue weighted by Gasteiger charge is 2.59. The molecule has 0 radical (unpaired) electrons. The maximum atomic E-state index is 13.0. The highest BCUT2D eigenvalue weighted by molar-refractivity contribution is 8.13.